The summed E-state index contributed by atoms with van der Waals surface area (Å²) in [5.41, 5.74) is 1.70. The highest BCUT2D eigenvalue weighted by molar-refractivity contribution is 6.47. The van der Waals surface area contributed by atoms with Gasteiger partial charge in [-0.05, 0) is 24.5 Å². The highest BCUT2D eigenvalue weighted by Crippen LogP contribution is 2.38. The minimum atomic E-state index is -1.06. The van der Waals surface area contributed by atoms with E-state index in [1.54, 1.807) is 13.0 Å². The Morgan fingerprint density at radius 3 is 2.42 bits per heavy atom. The summed E-state index contributed by atoms with van der Waals surface area (Å²) in [7, 11) is 0. The van der Waals surface area contributed by atoms with Gasteiger partial charge in [-0.15, -0.1) is 5.10 Å². The van der Waals surface area contributed by atoms with Crippen molar-refractivity contribution in [3.63, 3.8) is 0 Å². The molecule has 3 N–H and O–H groups in total. The molecule has 2 amide bonds. The van der Waals surface area contributed by atoms with Gasteiger partial charge in [-0.3, -0.25) is 20.3 Å². The van der Waals surface area contributed by atoms with E-state index in [-0.39, 0.29) is 39.5 Å². The maximum Gasteiger partial charge on any atom is 0.414 e. The van der Waals surface area contributed by atoms with Crippen molar-refractivity contribution < 1.29 is 19.1 Å². The van der Waals surface area contributed by atoms with Crippen molar-refractivity contribution >= 4 is 46.6 Å². The van der Waals surface area contributed by atoms with Crippen molar-refractivity contribution in [2.45, 2.75) is 33.1 Å². The molecule has 33 heavy (non-hydrogen) atoms. The number of imide groups is 1. The highest BCUT2D eigenvalue weighted by atomic mass is 35.5. The van der Waals surface area contributed by atoms with Gasteiger partial charge in [0.2, 0.25) is 11.6 Å². The maximum absolute atomic E-state index is 12.0. The lowest BCUT2D eigenvalue weighted by atomic mass is 9.88. The summed E-state index contributed by atoms with van der Waals surface area (Å²) in [6.07, 6.45) is -1.01. The topological polar surface area (TPSA) is 159 Å². The molecule has 174 valence electrons. The van der Waals surface area contributed by atoms with Crippen LogP contribution in [0, 0.1) is 11.3 Å². The number of carbonyl (C=O) groups excluding carboxylic acids is 2. The summed E-state index contributed by atoms with van der Waals surface area (Å²) in [4.78, 5) is 35.2. The monoisotopic (exact) mass is 494 g/mol. The lowest BCUT2D eigenvalue weighted by Gasteiger charge is -2.18. The molecule has 0 saturated carbocycles. The number of hydrazone groups is 1. The van der Waals surface area contributed by atoms with Crippen LogP contribution >= 0.6 is 23.2 Å². The summed E-state index contributed by atoms with van der Waals surface area (Å²) < 4.78 is 10.2. The third kappa shape index (κ3) is 6.93. The van der Waals surface area contributed by atoms with Crippen molar-refractivity contribution in [2.75, 3.05) is 12.0 Å². The van der Waals surface area contributed by atoms with Crippen molar-refractivity contribution in [3.05, 3.63) is 44.2 Å². The lowest BCUT2D eigenvalue weighted by molar-refractivity contribution is -0.114. The van der Waals surface area contributed by atoms with Crippen LogP contribution < -0.4 is 21.0 Å². The fraction of sp³-hybridized carbons (Fsp3) is 0.300. The zero-order valence-electron chi connectivity index (χ0n) is 18.1. The van der Waals surface area contributed by atoms with E-state index in [9.17, 15) is 14.4 Å². The SMILES string of the molecule is CCOC(=O)NC(=O)/C(C#N)=N\Nc1cc(Cl)c(Oc2cc(C(C)(C)C)c(=O)[nH]n2)c(Cl)c1. The fourth-order valence-corrected chi connectivity index (χ4v) is 2.95. The largest absolute Gasteiger partial charge is 0.450 e. The van der Waals surface area contributed by atoms with Crippen molar-refractivity contribution in [1.29, 1.82) is 5.26 Å². The summed E-state index contributed by atoms with van der Waals surface area (Å²) in [6, 6.07) is 5.80. The molecule has 0 spiro atoms. The number of aromatic amines is 1. The smallest absolute Gasteiger partial charge is 0.414 e. The predicted molar refractivity (Wildman–Crippen MR) is 122 cm³/mol. The average Bonchev–Trinajstić information content (AvgIpc) is 2.71. The van der Waals surface area contributed by atoms with E-state index < -0.39 is 23.1 Å². The Balaban J connectivity index is 2.23. The first-order valence-corrected chi connectivity index (χ1v) is 10.2. The molecule has 1 heterocycles. The number of rotatable bonds is 6. The summed E-state index contributed by atoms with van der Waals surface area (Å²) in [5, 5.41) is 20.9. The quantitative estimate of drug-likeness (QED) is 0.404. The first kappa shape index (κ1) is 25.6. The van der Waals surface area contributed by atoms with Crippen LogP contribution in [0.15, 0.2) is 28.1 Å². The van der Waals surface area contributed by atoms with Crippen LogP contribution in [-0.2, 0) is 14.9 Å². The molecular weight excluding hydrogens is 475 g/mol. The fourth-order valence-electron chi connectivity index (χ4n) is 2.39. The van der Waals surface area contributed by atoms with Gasteiger partial charge in [0.15, 0.2) is 5.75 Å². The highest BCUT2D eigenvalue weighted by Gasteiger charge is 2.21. The number of nitriles is 1. The zero-order valence-corrected chi connectivity index (χ0v) is 19.6. The third-order valence-electron chi connectivity index (χ3n) is 3.90. The molecule has 2 aromatic rings. The van der Waals surface area contributed by atoms with Crippen LogP contribution in [0.1, 0.15) is 33.3 Å². The molecule has 0 aliphatic rings. The Morgan fingerprint density at radius 1 is 1.24 bits per heavy atom. The molecule has 13 heteroatoms. The molecule has 1 aromatic carbocycles. The number of alkyl carbamates (subject to hydrolysis) is 1. The molecule has 11 nitrogen and oxygen atoms in total. The molecule has 0 atom stereocenters. The van der Waals surface area contributed by atoms with Crippen LogP contribution in [0.4, 0.5) is 10.5 Å². The number of amides is 2. The third-order valence-corrected chi connectivity index (χ3v) is 4.46. The van der Waals surface area contributed by atoms with E-state index in [2.05, 4.69) is 25.5 Å². The number of H-pyrrole nitrogens is 1. The summed E-state index contributed by atoms with van der Waals surface area (Å²) in [5.74, 6) is -0.920. The molecule has 1 aromatic heterocycles. The predicted octanol–water partition coefficient (Wildman–Crippen LogP) is 3.73. The van der Waals surface area contributed by atoms with Crippen LogP contribution in [0.3, 0.4) is 0 Å². The number of hydrogen-bond donors (Lipinski definition) is 3. The Hall–Kier alpha value is -3.62. The molecule has 0 fully saturated rings. The molecule has 0 aliphatic carbocycles. The Bertz CT molecular complexity index is 1170. The number of carbonyl (C=O) groups is 2. The average molecular weight is 495 g/mol. The van der Waals surface area contributed by atoms with E-state index in [1.807, 2.05) is 26.1 Å². The van der Waals surface area contributed by atoms with Gasteiger partial charge in [0.25, 0.3) is 11.5 Å². The molecule has 0 aliphatic heterocycles. The van der Waals surface area contributed by atoms with Gasteiger partial charge in [0.1, 0.15) is 6.07 Å². The molecule has 0 saturated heterocycles. The van der Waals surface area contributed by atoms with Gasteiger partial charge in [-0.25, -0.2) is 9.89 Å². The number of benzene rings is 1. The number of nitrogens with one attached hydrogen (secondary N) is 3. The van der Waals surface area contributed by atoms with Gasteiger partial charge in [0, 0.05) is 11.6 Å². The number of anilines is 1. The first-order chi connectivity index (χ1) is 15.5. The minimum absolute atomic E-state index is 0.0495. The van der Waals surface area contributed by atoms with Crippen molar-refractivity contribution in [3.8, 4) is 17.7 Å². The van der Waals surface area contributed by atoms with Crippen LogP contribution in [0.5, 0.6) is 11.6 Å². The van der Waals surface area contributed by atoms with Crippen LogP contribution in [0.2, 0.25) is 10.0 Å². The van der Waals surface area contributed by atoms with Gasteiger partial charge in [-0.1, -0.05) is 44.0 Å². The Labute approximate surface area is 198 Å². The van der Waals surface area contributed by atoms with Crippen LogP contribution in [0.25, 0.3) is 0 Å². The van der Waals surface area contributed by atoms with Crippen molar-refractivity contribution in [2.24, 2.45) is 5.10 Å². The summed E-state index contributed by atoms with van der Waals surface area (Å²) >= 11 is 12.5. The number of hydrogen-bond acceptors (Lipinski definition) is 9. The summed E-state index contributed by atoms with van der Waals surface area (Å²) in [6.45, 7) is 7.21. The van der Waals surface area contributed by atoms with Gasteiger partial charge < -0.3 is 9.47 Å². The van der Waals surface area contributed by atoms with Crippen molar-refractivity contribution in [1.82, 2.24) is 15.5 Å². The molecule has 0 bridgehead atoms. The van der Waals surface area contributed by atoms with E-state index in [0.717, 1.165) is 0 Å². The molecule has 0 unspecified atom stereocenters. The lowest BCUT2D eigenvalue weighted by Crippen LogP contribution is -2.36. The standard InChI is InChI=1S/C20H20Cl2N6O5/c1-5-32-19(31)24-18(30)14(9-23)26-25-10-6-12(21)16(13(22)7-10)33-15-8-11(20(2,3)4)17(29)28-27-15/h6-8,25H,5H2,1-4H3,(H,28,29)(H,24,30,31)/b26-14-. The Kier molecular flexibility index (Phi) is 8.39. The number of ether oxygens (including phenoxy) is 2. The number of aromatic nitrogens is 2. The number of halogens is 2. The van der Waals surface area contributed by atoms with E-state index in [0.29, 0.717) is 5.56 Å². The minimum Gasteiger partial charge on any atom is -0.450 e. The van der Waals surface area contributed by atoms with E-state index in [4.69, 9.17) is 33.2 Å². The van der Waals surface area contributed by atoms with Gasteiger partial charge >= 0.3 is 6.09 Å². The first-order valence-electron chi connectivity index (χ1n) is 9.45. The molecule has 0 radical (unpaired) electrons. The van der Waals surface area contributed by atoms with E-state index in [1.165, 1.54) is 18.2 Å². The second-order valence-corrected chi connectivity index (χ2v) is 8.24. The van der Waals surface area contributed by atoms with Gasteiger partial charge in [-0.2, -0.15) is 10.4 Å². The van der Waals surface area contributed by atoms with E-state index >= 15 is 0 Å². The van der Waals surface area contributed by atoms with Crippen LogP contribution in [-0.4, -0.2) is 34.5 Å². The second kappa shape index (κ2) is 10.8. The van der Waals surface area contributed by atoms with Gasteiger partial charge in [0.05, 0.1) is 22.3 Å². The maximum atomic E-state index is 12.0. The molecule has 2 rings (SSSR count). The number of nitrogens with zero attached hydrogens (tertiary/aromatic N) is 3. The second-order valence-electron chi connectivity index (χ2n) is 7.43. The molecular formula is C20H20Cl2N6O5. The Morgan fingerprint density at radius 2 is 1.88 bits per heavy atom. The normalized spacial score (nSPS) is 11.4. The zero-order chi connectivity index (χ0) is 24.8.